The van der Waals surface area contributed by atoms with Gasteiger partial charge in [0.15, 0.2) is 12.5 Å². The fraction of sp³-hybridized carbons (Fsp3) is 0.200. The van der Waals surface area contributed by atoms with Crippen molar-refractivity contribution in [3.05, 3.63) is 0 Å². The van der Waals surface area contributed by atoms with Gasteiger partial charge >= 0.3 is 0 Å². The molecule has 1 amide bonds. The quantitative estimate of drug-likeness (QED) is 0.263. The van der Waals surface area contributed by atoms with Gasteiger partial charge in [0.25, 0.3) is 5.91 Å². The molecule has 4 nitrogen and oxygen atoms in total. The second kappa shape index (κ2) is 3.64. The molecule has 0 aromatic carbocycles. The lowest BCUT2D eigenvalue weighted by atomic mass is 10.5. The van der Waals surface area contributed by atoms with Crippen LogP contribution in [0.25, 0.3) is 0 Å². The third-order valence-corrected chi connectivity index (χ3v) is 0.539. The Morgan fingerprint density at radius 3 is 2.78 bits per heavy atom. The molecule has 48 valence electrons. The van der Waals surface area contributed by atoms with Crippen LogP contribution in [0, 0.1) is 12.3 Å². The van der Waals surface area contributed by atoms with Gasteiger partial charge in [0, 0.05) is 0 Å². The summed E-state index contributed by atoms with van der Waals surface area (Å²) in [5, 5.41) is 10.2. The average molecular weight is 127 g/mol. The van der Waals surface area contributed by atoms with E-state index in [2.05, 4.69) is 6.42 Å². The molecule has 9 heavy (non-hydrogen) atoms. The first kappa shape index (κ1) is 7.66. The van der Waals surface area contributed by atoms with Gasteiger partial charge in [-0.05, 0) is 5.92 Å². The molecule has 0 aromatic heterocycles. The molecule has 2 N–H and O–H groups in total. The Balaban J connectivity index is 3.62. The zero-order chi connectivity index (χ0) is 7.28. The van der Waals surface area contributed by atoms with E-state index in [-0.39, 0.29) is 6.29 Å². The van der Waals surface area contributed by atoms with Crippen molar-refractivity contribution in [2.75, 3.05) is 0 Å². The molecule has 0 aliphatic carbocycles. The molecule has 0 spiro atoms. The molecule has 0 aliphatic rings. The van der Waals surface area contributed by atoms with E-state index in [1.807, 2.05) is 0 Å². The third kappa shape index (κ3) is 3.26. The Bertz CT molecular complexity index is 158. The van der Waals surface area contributed by atoms with E-state index in [0.717, 1.165) is 0 Å². The van der Waals surface area contributed by atoms with E-state index in [1.54, 1.807) is 11.2 Å². The first-order chi connectivity index (χ1) is 4.20. The lowest BCUT2D eigenvalue weighted by molar-refractivity contribution is -0.125. The highest BCUT2D eigenvalue weighted by atomic mass is 16.3. The summed E-state index contributed by atoms with van der Waals surface area (Å²) in [6, 6.07) is 0. The largest absolute Gasteiger partial charge is 0.367 e. The van der Waals surface area contributed by atoms with Gasteiger partial charge < -0.3 is 10.4 Å². The van der Waals surface area contributed by atoms with Crippen molar-refractivity contribution in [3.8, 4) is 12.3 Å². The van der Waals surface area contributed by atoms with Crippen LogP contribution in [0.5, 0.6) is 0 Å². The number of amides is 1. The van der Waals surface area contributed by atoms with Gasteiger partial charge in [0.2, 0.25) is 0 Å². The highest BCUT2D eigenvalue weighted by Crippen LogP contribution is 1.66. The highest BCUT2D eigenvalue weighted by molar-refractivity contribution is 5.94. The van der Waals surface area contributed by atoms with E-state index >= 15 is 0 Å². The number of carbonyl (C=O) groups excluding carboxylic acids is 2. The Hall–Kier alpha value is -1.34. The SMILES string of the molecule is C#CC(=O)NC(O)C=O. The van der Waals surface area contributed by atoms with Crippen molar-refractivity contribution in [2.45, 2.75) is 6.23 Å². The first-order valence-corrected chi connectivity index (χ1v) is 2.11. The Kier molecular flexibility index (Phi) is 3.09. The van der Waals surface area contributed by atoms with Crippen molar-refractivity contribution >= 4 is 12.2 Å². The van der Waals surface area contributed by atoms with E-state index in [9.17, 15) is 9.59 Å². The van der Waals surface area contributed by atoms with Gasteiger partial charge in [-0.1, -0.05) is 0 Å². The lowest BCUT2D eigenvalue weighted by Crippen LogP contribution is -2.34. The van der Waals surface area contributed by atoms with E-state index in [1.165, 1.54) is 0 Å². The summed E-state index contributed by atoms with van der Waals surface area (Å²) < 4.78 is 0. The van der Waals surface area contributed by atoms with Gasteiger partial charge in [-0.25, -0.2) is 0 Å². The summed E-state index contributed by atoms with van der Waals surface area (Å²) >= 11 is 0. The molecule has 0 aromatic rings. The maximum absolute atomic E-state index is 10.1. The molecule has 0 saturated carbocycles. The second-order valence-corrected chi connectivity index (χ2v) is 1.20. The summed E-state index contributed by atoms with van der Waals surface area (Å²) in [5.74, 6) is 0.851. The maximum atomic E-state index is 10.1. The molecule has 0 heterocycles. The van der Waals surface area contributed by atoms with Crippen LogP contribution in [-0.4, -0.2) is 23.5 Å². The minimum absolute atomic E-state index is 0.162. The summed E-state index contributed by atoms with van der Waals surface area (Å²) in [6.07, 6.45) is 3.26. The van der Waals surface area contributed by atoms with Crippen molar-refractivity contribution < 1.29 is 14.7 Å². The number of aliphatic hydroxyl groups excluding tert-OH is 1. The minimum Gasteiger partial charge on any atom is -0.367 e. The fourth-order valence-electron chi connectivity index (χ4n) is 0.210. The van der Waals surface area contributed by atoms with Crippen LogP contribution >= 0.6 is 0 Å². The number of terminal acetylenes is 1. The fourth-order valence-corrected chi connectivity index (χ4v) is 0.210. The molecule has 0 saturated heterocycles. The van der Waals surface area contributed by atoms with Crippen LogP contribution in [0.3, 0.4) is 0 Å². The zero-order valence-electron chi connectivity index (χ0n) is 4.50. The summed E-state index contributed by atoms with van der Waals surface area (Å²) in [6.45, 7) is 0. The number of aldehydes is 1. The van der Waals surface area contributed by atoms with E-state index in [4.69, 9.17) is 5.11 Å². The zero-order valence-corrected chi connectivity index (χ0v) is 4.50. The van der Waals surface area contributed by atoms with Crippen LogP contribution < -0.4 is 5.32 Å². The Morgan fingerprint density at radius 1 is 1.89 bits per heavy atom. The lowest BCUT2D eigenvalue weighted by Gasteiger charge is -1.99. The van der Waals surface area contributed by atoms with Crippen LogP contribution in [0.1, 0.15) is 0 Å². The minimum atomic E-state index is -1.49. The average Bonchev–Trinajstić information content (AvgIpc) is 1.87. The molecule has 0 aliphatic heterocycles. The molecule has 0 rings (SSSR count). The number of hydrogen-bond acceptors (Lipinski definition) is 3. The molecular weight excluding hydrogens is 122 g/mol. The first-order valence-electron chi connectivity index (χ1n) is 2.11. The molecular formula is C5H5NO3. The highest BCUT2D eigenvalue weighted by Gasteiger charge is 2.01. The molecule has 4 heteroatoms. The topological polar surface area (TPSA) is 66.4 Å². The summed E-state index contributed by atoms with van der Waals surface area (Å²) in [7, 11) is 0. The number of rotatable bonds is 2. The van der Waals surface area contributed by atoms with Crippen molar-refractivity contribution in [1.29, 1.82) is 0 Å². The van der Waals surface area contributed by atoms with Gasteiger partial charge in [-0.2, -0.15) is 0 Å². The molecule has 1 unspecified atom stereocenters. The molecule has 0 fully saturated rings. The number of hydrogen-bond donors (Lipinski definition) is 2. The number of carbonyl (C=O) groups is 2. The molecule has 1 atom stereocenters. The van der Waals surface area contributed by atoms with E-state index in [0.29, 0.717) is 0 Å². The van der Waals surface area contributed by atoms with Gasteiger partial charge in [0.1, 0.15) is 0 Å². The predicted molar refractivity (Wildman–Crippen MR) is 29.0 cm³/mol. The van der Waals surface area contributed by atoms with Gasteiger partial charge in [-0.15, -0.1) is 6.42 Å². The summed E-state index contributed by atoms with van der Waals surface area (Å²) in [5.41, 5.74) is 0. The Labute approximate surface area is 51.9 Å². The van der Waals surface area contributed by atoms with Crippen LogP contribution in [0.4, 0.5) is 0 Å². The van der Waals surface area contributed by atoms with Crippen molar-refractivity contribution in [2.24, 2.45) is 0 Å². The Morgan fingerprint density at radius 2 is 2.44 bits per heavy atom. The summed E-state index contributed by atoms with van der Waals surface area (Å²) in [4.78, 5) is 19.7. The monoisotopic (exact) mass is 127 g/mol. The number of nitrogens with one attached hydrogen (secondary N) is 1. The molecule has 0 radical (unpaired) electrons. The van der Waals surface area contributed by atoms with Crippen LogP contribution in [0.15, 0.2) is 0 Å². The molecule has 0 bridgehead atoms. The predicted octanol–water partition coefficient (Wildman–Crippen LogP) is -1.75. The van der Waals surface area contributed by atoms with Crippen LogP contribution in [-0.2, 0) is 9.59 Å². The van der Waals surface area contributed by atoms with Gasteiger partial charge in [0.05, 0.1) is 0 Å². The smallest absolute Gasteiger partial charge is 0.297 e. The van der Waals surface area contributed by atoms with Crippen molar-refractivity contribution in [1.82, 2.24) is 5.32 Å². The third-order valence-electron chi connectivity index (χ3n) is 0.539. The normalized spacial score (nSPS) is 11.1. The standard InChI is InChI=1S/C5H5NO3/c1-2-4(8)6-5(9)3-7/h1,3,5,9H,(H,6,8). The number of aliphatic hydroxyl groups is 1. The van der Waals surface area contributed by atoms with Gasteiger partial charge in [-0.3, -0.25) is 9.59 Å². The maximum Gasteiger partial charge on any atom is 0.297 e. The van der Waals surface area contributed by atoms with Crippen LogP contribution in [0.2, 0.25) is 0 Å². The second-order valence-electron chi connectivity index (χ2n) is 1.20. The van der Waals surface area contributed by atoms with E-state index < -0.39 is 12.1 Å². The van der Waals surface area contributed by atoms with Crippen molar-refractivity contribution in [3.63, 3.8) is 0 Å².